The van der Waals surface area contributed by atoms with Crippen LogP contribution in [0.25, 0.3) is 0 Å². The fraction of sp³-hybridized carbons (Fsp3) is 0.214. The van der Waals surface area contributed by atoms with Crippen molar-refractivity contribution in [3.8, 4) is 0 Å². The zero-order valence-corrected chi connectivity index (χ0v) is 11.2. The molecular formula is C14H12ClF3N2. The Labute approximate surface area is 119 Å². The molecule has 1 N–H and O–H groups in total. The predicted molar refractivity (Wildman–Crippen MR) is 72.9 cm³/mol. The van der Waals surface area contributed by atoms with Crippen LogP contribution in [-0.4, -0.2) is 11.5 Å². The molecular weight excluding hydrogens is 289 g/mol. The lowest BCUT2D eigenvalue weighted by molar-refractivity contribution is -0.137. The third-order valence-corrected chi connectivity index (χ3v) is 2.88. The highest BCUT2D eigenvalue weighted by Gasteiger charge is 2.31. The number of aromatic nitrogens is 1. The van der Waals surface area contributed by atoms with Gasteiger partial charge >= 0.3 is 6.18 Å². The summed E-state index contributed by atoms with van der Waals surface area (Å²) in [6.45, 7) is 0.481. The Kier molecular flexibility index (Phi) is 4.49. The van der Waals surface area contributed by atoms with Gasteiger partial charge in [-0.15, -0.1) is 0 Å². The molecule has 0 aliphatic heterocycles. The van der Waals surface area contributed by atoms with E-state index in [4.69, 9.17) is 11.6 Å². The highest BCUT2D eigenvalue weighted by Crippen LogP contribution is 2.31. The fourth-order valence-electron chi connectivity index (χ4n) is 1.73. The summed E-state index contributed by atoms with van der Waals surface area (Å²) in [5.74, 6) is 0.126. The molecule has 0 atom stereocenters. The number of halogens is 4. The summed E-state index contributed by atoms with van der Waals surface area (Å²) < 4.78 is 37.9. The first kappa shape index (κ1) is 14.7. The molecule has 0 bridgehead atoms. The zero-order chi connectivity index (χ0) is 14.6. The van der Waals surface area contributed by atoms with Crippen LogP contribution in [-0.2, 0) is 12.6 Å². The van der Waals surface area contributed by atoms with E-state index in [0.717, 1.165) is 17.7 Å². The summed E-state index contributed by atoms with van der Waals surface area (Å²) in [4.78, 5) is 3.83. The topological polar surface area (TPSA) is 24.9 Å². The SMILES string of the molecule is FC(F)(F)c1cc(Cl)nc(NCCc2ccccc2)c1. The van der Waals surface area contributed by atoms with Crippen molar-refractivity contribution in [1.82, 2.24) is 4.98 Å². The highest BCUT2D eigenvalue weighted by atomic mass is 35.5. The molecule has 0 aliphatic rings. The summed E-state index contributed by atoms with van der Waals surface area (Å²) in [7, 11) is 0. The Hall–Kier alpha value is -1.75. The lowest BCUT2D eigenvalue weighted by Crippen LogP contribution is -2.10. The van der Waals surface area contributed by atoms with Crippen molar-refractivity contribution in [2.24, 2.45) is 0 Å². The van der Waals surface area contributed by atoms with E-state index in [1.165, 1.54) is 0 Å². The van der Waals surface area contributed by atoms with Crippen LogP contribution in [0.15, 0.2) is 42.5 Å². The molecule has 2 aromatic rings. The van der Waals surface area contributed by atoms with Crippen molar-refractivity contribution in [3.63, 3.8) is 0 Å². The number of benzene rings is 1. The zero-order valence-electron chi connectivity index (χ0n) is 10.4. The minimum atomic E-state index is -4.43. The van der Waals surface area contributed by atoms with Crippen molar-refractivity contribution in [3.05, 3.63) is 58.7 Å². The number of nitrogens with zero attached hydrogens (tertiary/aromatic N) is 1. The average molecular weight is 301 g/mol. The molecule has 2 nitrogen and oxygen atoms in total. The molecule has 2 rings (SSSR count). The smallest absolute Gasteiger partial charge is 0.370 e. The van der Waals surface area contributed by atoms with E-state index < -0.39 is 11.7 Å². The molecule has 0 amide bonds. The summed E-state index contributed by atoms with van der Waals surface area (Å²) in [6, 6.07) is 11.4. The fourth-order valence-corrected chi connectivity index (χ4v) is 1.94. The van der Waals surface area contributed by atoms with Gasteiger partial charge in [0.15, 0.2) is 0 Å². The first-order chi connectivity index (χ1) is 9.45. The van der Waals surface area contributed by atoms with Crippen molar-refractivity contribution < 1.29 is 13.2 Å². The third-order valence-electron chi connectivity index (χ3n) is 2.68. The van der Waals surface area contributed by atoms with E-state index in [0.29, 0.717) is 13.0 Å². The molecule has 0 unspecified atom stereocenters. The van der Waals surface area contributed by atoms with Gasteiger partial charge in [0.25, 0.3) is 0 Å². The molecule has 0 spiro atoms. The van der Waals surface area contributed by atoms with Crippen molar-refractivity contribution in [2.45, 2.75) is 12.6 Å². The molecule has 1 aromatic carbocycles. The van der Waals surface area contributed by atoms with Crippen LogP contribution in [0.1, 0.15) is 11.1 Å². The maximum absolute atomic E-state index is 12.6. The predicted octanol–water partition coefficient (Wildman–Crippen LogP) is 4.41. The molecule has 0 aliphatic carbocycles. The van der Waals surface area contributed by atoms with Gasteiger partial charge in [-0.2, -0.15) is 13.2 Å². The summed E-state index contributed by atoms with van der Waals surface area (Å²) in [6.07, 6.45) is -3.74. The minimum Gasteiger partial charge on any atom is -0.370 e. The van der Waals surface area contributed by atoms with Gasteiger partial charge < -0.3 is 5.32 Å². The number of rotatable bonds is 4. The number of hydrogen-bond donors (Lipinski definition) is 1. The summed E-state index contributed by atoms with van der Waals surface area (Å²) in [5, 5.41) is 2.67. The molecule has 1 aromatic heterocycles. The van der Waals surface area contributed by atoms with E-state index in [1.54, 1.807) is 0 Å². The van der Waals surface area contributed by atoms with Crippen LogP contribution >= 0.6 is 11.6 Å². The van der Waals surface area contributed by atoms with Crippen LogP contribution < -0.4 is 5.32 Å². The second-order valence-corrected chi connectivity index (χ2v) is 4.61. The molecule has 0 saturated carbocycles. The Balaban J connectivity index is 2.01. The van der Waals surface area contributed by atoms with Crippen LogP contribution in [0.5, 0.6) is 0 Å². The summed E-state index contributed by atoms with van der Waals surface area (Å²) >= 11 is 5.60. The first-order valence-electron chi connectivity index (χ1n) is 5.98. The van der Waals surface area contributed by atoms with Crippen LogP contribution in [0.2, 0.25) is 5.15 Å². The highest BCUT2D eigenvalue weighted by molar-refractivity contribution is 6.29. The quantitative estimate of drug-likeness (QED) is 0.846. The van der Waals surface area contributed by atoms with Gasteiger partial charge in [0.05, 0.1) is 5.56 Å². The lowest BCUT2D eigenvalue weighted by Gasteiger charge is -2.10. The van der Waals surface area contributed by atoms with Crippen LogP contribution in [0, 0.1) is 0 Å². The van der Waals surface area contributed by atoms with Crippen molar-refractivity contribution in [2.75, 3.05) is 11.9 Å². The second kappa shape index (κ2) is 6.13. The summed E-state index contributed by atoms with van der Waals surface area (Å²) in [5.41, 5.74) is 0.290. The van der Waals surface area contributed by atoms with Gasteiger partial charge in [-0.05, 0) is 24.1 Å². The van der Waals surface area contributed by atoms with Crippen LogP contribution in [0.3, 0.4) is 0 Å². The largest absolute Gasteiger partial charge is 0.416 e. The Bertz CT molecular complexity index is 570. The van der Waals surface area contributed by atoms with Crippen molar-refractivity contribution >= 4 is 17.4 Å². The Morgan fingerprint density at radius 3 is 2.45 bits per heavy atom. The first-order valence-corrected chi connectivity index (χ1v) is 6.35. The molecule has 0 radical (unpaired) electrons. The molecule has 0 saturated heterocycles. The molecule has 1 heterocycles. The lowest BCUT2D eigenvalue weighted by atomic mass is 10.1. The molecule has 0 fully saturated rings. The number of nitrogens with one attached hydrogen (secondary N) is 1. The monoisotopic (exact) mass is 300 g/mol. The van der Waals surface area contributed by atoms with E-state index in [1.807, 2.05) is 30.3 Å². The van der Waals surface area contributed by atoms with E-state index in [9.17, 15) is 13.2 Å². The maximum Gasteiger partial charge on any atom is 0.416 e. The Morgan fingerprint density at radius 2 is 1.80 bits per heavy atom. The molecule has 20 heavy (non-hydrogen) atoms. The van der Waals surface area contributed by atoms with Crippen LogP contribution in [0.4, 0.5) is 19.0 Å². The standard InChI is InChI=1S/C14H12ClF3N2/c15-12-8-11(14(16,17)18)9-13(20-12)19-7-6-10-4-2-1-3-5-10/h1-5,8-9H,6-7H2,(H,19,20). The number of pyridine rings is 1. The molecule has 6 heteroatoms. The normalized spacial score (nSPS) is 11.4. The van der Waals surface area contributed by atoms with Gasteiger partial charge in [0.2, 0.25) is 0 Å². The Morgan fingerprint density at radius 1 is 1.10 bits per heavy atom. The second-order valence-electron chi connectivity index (χ2n) is 4.22. The van der Waals surface area contributed by atoms with Gasteiger partial charge in [-0.3, -0.25) is 0 Å². The van der Waals surface area contributed by atoms with E-state index in [-0.39, 0.29) is 11.0 Å². The van der Waals surface area contributed by atoms with E-state index in [2.05, 4.69) is 10.3 Å². The van der Waals surface area contributed by atoms with Gasteiger partial charge in [-0.25, -0.2) is 4.98 Å². The van der Waals surface area contributed by atoms with Crippen molar-refractivity contribution in [1.29, 1.82) is 0 Å². The minimum absolute atomic E-state index is 0.126. The van der Waals surface area contributed by atoms with Gasteiger partial charge in [-0.1, -0.05) is 41.9 Å². The van der Waals surface area contributed by atoms with E-state index >= 15 is 0 Å². The van der Waals surface area contributed by atoms with Gasteiger partial charge in [0.1, 0.15) is 11.0 Å². The number of anilines is 1. The number of hydrogen-bond acceptors (Lipinski definition) is 2. The third kappa shape index (κ3) is 4.13. The average Bonchev–Trinajstić information content (AvgIpc) is 2.38. The van der Waals surface area contributed by atoms with Gasteiger partial charge in [0, 0.05) is 6.54 Å². The maximum atomic E-state index is 12.6. The number of alkyl halides is 3. The molecule has 106 valence electrons.